The molecule has 0 saturated heterocycles. The molecule has 0 aliphatic rings. The van der Waals surface area contributed by atoms with E-state index in [0.29, 0.717) is 0 Å². The highest BCUT2D eigenvalue weighted by Gasteiger charge is 2.14. The second kappa shape index (κ2) is 6.39. The summed E-state index contributed by atoms with van der Waals surface area (Å²) in [6.45, 7) is -2.97. The summed E-state index contributed by atoms with van der Waals surface area (Å²) in [5, 5.41) is 0. The fourth-order valence-electron chi connectivity index (χ4n) is 1.27. The van der Waals surface area contributed by atoms with Crippen LogP contribution in [0.2, 0.25) is 0 Å². The number of hydrogen-bond acceptors (Lipinski definition) is 3. The first kappa shape index (κ1) is 13.7. The maximum absolute atomic E-state index is 12.1. The van der Waals surface area contributed by atoms with E-state index in [9.17, 15) is 13.6 Å². The Bertz CT molecular complexity index is 396. The molecule has 0 bridgehead atoms. The van der Waals surface area contributed by atoms with Gasteiger partial charge in [-0.15, -0.1) is 11.6 Å². The molecule has 0 fully saturated rings. The number of Topliss-reactive ketones (excluding diaryl/α,β-unsaturated/α-hetero) is 1. The highest BCUT2D eigenvalue weighted by Crippen LogP contribution is 2.29. The number of ketones is 1. The second-order valence-electron chi connectivity index (χ2n) is 3.11. The van der Waals surface area contributed by atoms with Crippen LogP contribution in [0.4, 0.5) is 8.78 Å². The summed E-state index contributed by atoms with van der Waals surface area (Å²) in [7, 11) is 1.33. The van der Waals surface area contributed by atoms with Gasteiger partial charge < -0.3 is 9.47 Å². The van der Waals surface area contributed by atoms with Crippen LogP contribution in [0.5, 0.6) is 11.5 Å². The summed E-state index contributed by atoms with van der Waals surface area (Å²) in [6, 6.07) is 4.10. The van der Waals surface area contributed by atoms with E-state index in [1.165, 1.54) is 25.3 Å². The van der Waals surface area contributed by atoms with Crippen molar-refractivity contribution in [3.63, 3.8) is 0 Å². The lowest BCUT2D eigenvalue weighted by atomic mass is 10.1. The predicted octanol–water partition coefficient (Wildman–Crippen LogP) is 3.11. The molecule has 1 rings (SSSR count). The summed E-state index contributed by atoms with van der Waals surface area (Å²) in [5.74, 6) is -0.0759. The Morgan fingerprint density at radius 1 is 1.41 bits per heavy atom. The van der Waals surface area contributed by atoms with Gasteiger partial charge in [0.2, 0.25) is 0 Å². The molecule has 94 valence electrons. The number of carbonyl (C=O) groups excluding carboxylic acids is 1. The Morgan fingerprint density at radius 3 is 2.65 bits per heavy atom. The maximum Gasteiger partial charge on any atom is 0.387 e. The summed E-state index contributed by atoms with van der Waals surface area (Å²) < 4.78 is 33.4. The number of hydrogen-bond donors (Lipinski definition) is 0. The van der Waals surface area contributed by atoms with Gasteiger partial charge in [-0.2, -0.15) is 8.78 Å². The van der Waals surface area contributed by atoms with Gasteiger partial charge in [0.15, 0.2) is 17.3 Å². The van der Waals surface area contributed by atoms with Crippen LogP contribution < -0.4 is 9.47 Å². The van der Waals surface area contributed by atoms with E-state index in [0.717, 1.165) is 0 Å². The first-order valence-electron chi connectivity index (χ1n) is 4.80. The molecule has 0 atom stereocenters. The molecule has 1 aromatic rings. The lowest BCUT2D eigenvalue weighted by Gasteiger charge is -2.10. The fraction of sp³-hybridized carbons (Fsp3) is 0.364. The van der Waals surface area contributed by atoms with Crippen LogP contribution in [-0.2, 0) is 0 Å². The molecular weight excluding hydrogens is 254 g/mol. The summed E-state index contributed by atoms with van der Waals surface area (Å²) in [4.78, 5) is 11.5. The quantitative estimate of drug-likeness (QED) is 0.585. The average Bonchev–Trinajstić information content (AvgIpc) is 2.28. The maximum atomic E-state index is 12.1. The standard InChI is InChI=1S/C11H11ClF2O3/c1-16-9-3-2-7(8(15)4-5-12)6-10(9)17-11(13)14/h2-3,6,11H,4-5H2,1H3. The molecule has 0 unspecified atom stereocenters. The van der Waals surface area contributed by atoms with Crippen molar-refractivity contribution >= 4 is 17.4 Å². The topological polar surface area (TPSA) is 35.5 Å². The molecule has 17 heavy (non-hydrogen) atoms. The molecule has 0 saturated carbocycles. The molecule has 0 radical (unpaired) electrons. The molecule has 3 nitrogen and oxygen atoms in total. The molecular formula is C11H11ClF2O3. The third-order valence-corrected chi connectivity index (χ3v) is 2.21. The first-order chi connectivity index (χ1) is 8.08. The Balaban J connectivity index is 2.99. The smallest absolute Gasteiger partial charge is 0.387 e. The van der Waals surface area contributed by atoms with Gasteiger partial charge in [0, 0.05) is 17.9 Å². The van der Waals surface area contributed by atoms with Crippen molar-refractivity contribution in [3.05, 3.63) is 23.8 Å². The van der Waals surface area contributed by atoms with Gasteiger partial charge in [-0.1, -0.05) is 0 Å². The van der Waals surface area contributed by atoms with Gasteiger partial charge in [-0.05, 0) is 18.2 Å². The zero-order valence-corrected chi connectivity index (χ0v) is 9.84. The summed E-state index contributed by atoms with van der Waals surface area (Å²) in [5.41, 5.74) is 0.266. The van der Waals surface area contributed by atoms with Crippen molar-refractivity contribution in [2.75, 3.05) is 13.0 Å². The Labute approximate surface area is 102 Å². The first-order valence-corrected chi connectivity index (χ1v) is 5.34. The largest absolute Gasteiger partial charge is 0.493 e. The van der Waals surface area contributed by atoms with Gasteiger partial charge >= 0.3 is 6.61 Å². The van der Waals surface area contributed by atoms with E-state index in [-0.39, 0.29) is 35.1 Å². The number of ether oxygens (including phenoxy) is 2. The van der Waals surface area contributed by atoms with E-state index < -0.39 is 6.61 Å². The number of benzene rings is 1. The number of carbonyl (C=O) groups is 1. The van der Waals surface area contributed by atoms with Crippen LogP contribution in [0, 0.1) is 0 Å². The van der Waals surface area contributed by atoms with E-state index in [1.54, 1.807) is 0 Å². The van der Waals surface area contributed by atoms with E-state index in [1.807, 2.05) is 0 Å². The van der Waals surface area contributed by atoms with Crippen molar-refractivity contribution in [1.82, 2.24) is 0 Å². The van der Waals surface area contributed by atoms with Gasteiger partial charge in [0.1, 0.15) is 0 Å². The lowest BCUT2D eigenvalue weighted by molar-refractivity contribution is -0.0512. The molecule has 0 heterocycles. The highest BCUT2D eigenvalue weighted by molar-refractivity contribution is 6.19. The molecule has 0 spiro atoms. The van der Waals surface area contributed by atoms with Gasteiger partial charge in [0.25, 0.3) is 0 Å². The monoisotopic (exact) mass is 264 g/mol. The number of halogens is 3. The van der Waals surface area contributed by atoms with Crippen LogP contribution in [0.1, 0.15) is 16.8 Å². The van der Waals surface area contributed by atoms with Crippen molar-refractivity contribution in [2.24, 2.45) is 0 Å². The molecule has 0 aromatic heterocycles. The van der Waals surface area contributed by atoms with Crippen LogP contribution in [0.3, 0.4) is 0 Å². The van der Waals surface area contributed by atoms with Crippen molar-refractivity contribution < 1.29 is 23.0 Å². The zero-order chi connectivity index (χ0) is 12.8. The summed E-state index contributed by atoms with van der Waals surface area (Å²) in [6.07, 6.45) is 0.141. The minimum atomic E-state index is -2.97. The van der Waals surface area contributed by atoms with Crippen LogP contribution in [0.25, 0.3) is 0 Å². The fourth-order valence-corrected chi connectivity index (χ4v) is 1.44. The SMILES string of the molecule is COc1ccc(C(=O)CCCl)cc1OC(F)F. The number of methoxy groups -OCH3 is 1. The van der Waals surface area contributed by atoms with Gasteiger partial charge in [-0.3, -0.25) is 4.79 Å². The molecule has 1 aromatic carbocycles. The number of alkyl halides is 3. The van der Waals surface area contributed by atoms with E-state index in [2.05, 4.69) is 4.74 Å². The lowest BCUT2D eigenvalue weighted by Crippen LogP contribution is -2.06. The predicted molar refractivity (Wildman–Crippen MR) is 59.3 cm³/mol. The van der Waals surface area contributed by atoms with E-state index >= 15 is 0 Å². The number of rotatable bonds is 6. The molecule has 0 aliphatic carbocycles. The van der Waals surface area contributed by atoms with Gasteiger partial charge in [0.05, 0.1) is 7.11 Å². The van der Waals surface area contributed by atoms with Crippen LogP contribution in [0.15, 0.2) is 18.2 Å². The second-order valence-corrected chi connectivity index (χ2v) is 3.48. The molecule has 0 aliphatic heterocycles. The highest BCUT2D eigenvalue weighted by atomic mass is 35.5. The van der Waals surface area contributed by atoms with Crippen molar-refractivity contribution in [2.45, 2.75) is 13.0 Å². The van der Waals surface area contributed by atoms with Crippen molar-refractivity contribution in [1.29, 1.82) is 0 Å². The van der Waals surface area contributed by atoms with E-state index in [4.69, 9.17) is 16.3 Å². The Hall–Kier alpha value is -1.36. The summed E-state index contributed by atoms with van der Waals surface area (Å²) >= 11 is 5.43. The van der Waals surface area contributed by atoms with Crippen LogP contribution in [-0.4, -0.2) is 25.4 Å². The minimum absolute atomic E-state index is 0.141. The van der Waals surface area contributed by atoms with Crippen molar-refractivity contribution in [3.8, 4) is 11.5 Å². The Kier molecular flexibility index (Phi) is 5.15. The average molecular weight is 265 g/mol. The third-order valence-electron chi connectivity index (χ3n) is 2.02. The normalized spacial score (nSPS) is 10.4. The Morgan fingerprint density at radius 2 is 2.12 bits per heavy atom. The minimum Gasteiger partial charge on any atom is -0.493 e. The third kappa shape index (κ3) is 3.85. The van der Waals surface area contributed by atoms with Crippen LogP contribution >= 0.6 is 11.6 Å². The van der Waals surface area contributed by atoms with Gasteiger partial charge in [-0.25, -0.2) is 0 Å². The molecule has 0 N–H and O–H groups in total. The molecule has 0 amide bonds. The molecule has 6 heteroatoms. The zero-order valence-electron chi connectivity index (χ0n) is 9.08.